The van der Waals surface area contributed by atoms with Crippen molar-refractivity contribution in [2.75, 3.05) is 31.9 Å². The Kier molecular flexibility index (Phi) is 4.48. The van der Waals surface area contributed by atoms with E-state index in [9.17, 15) is 4.79 Å². The van der Waals surface area contributed by atoms with Crippen LogP contribution in [0, 0.1) is 0 Å². The lowest BCUT2D eigenvalue weighted by molar-refractivity contribution is 0.0941. The van der Waals surface area contributed by atoms with Gasteiger partial charge in [-0.05, 0) is 57.8 Å². The molecule has 1 amide bonds. The van der Waals surface area contributed by atoms with Gasteiger partial charge in [0.2, 0.25) is 0 Å². The van der Waals surface area contributed by atoms with Gasteiger partial charge in [-0.1, -0.05) is 6.42 Å². The number of nitrogen functional groups attached to an aromatic ring is 1. The van der Waals surface area contributed by atoms with E-state index in [1.165, 1.54) is 32.4 Å². The minimum Gasteiger partial charge on any atom is -0.397 e. The molecule has 2 aliphatic rings. The van der Waals surface area contributed by atoms with Crippen LogP contribution in [0.15, 0.2) is 12.3 Å². The SMILES string of the molecule is Nc1cc(C(=O)NCCCN2CCCCC2)n(C2CC2)c1. The second kappa shape index (κ2) is 6.52. The molecule has 0 bridgehead atoms. The molecule has 0 unspecified atom stereocenters. The van der Waals surface area contributed by atoms with Gasteiger partial charge in [-0.3, -0.25) is 4.79 Å². The molecular formula is C16H26N4O. The molecule has 0 spiro atoms. The van der Waals surface area contributed by atoms with Crippen LogP contribution in [0.4, 0.5) is 5.69 Å². The molecular weight excluding hydrogens is 264 g/mol. The lowest BCUT2D eigenvalue weighted by Gasteiger charge is -2.26. The van der Waals surface area contributed by atoms with Crippen molar-refractivity contribution in [3.8, 4) is 0 Å². The van der Waals surface area contributed by atoms with Gasteiger partial charge >= 0.3 is 0 Å². The second-order valence-electron chi connectivity index (χ2n) is 6.31. The molecule has 21 heavy (non-hydrogen) atoms. The van der Waals surface area contributed by atoms with Crippen LogP contribution < -0.4 is 11.1 Å². The first kappa shape index (κ1) is 14.4. The summed E-state index contributed by atoms with van der Waals surface area (Å²) in [5.41, 5.74) is 7.22. The molecule has 5 heteroatoms. The zero-order valence-corrected chi connectivity index (χ0v) is 12.7. The van der Waals surface area contributed by atoms with Crippen LogP contribution in [-0.4, -0.2) is 41.6 Å². The lowest BCUT2D eigenvalue weighted by atomic mass is 10.1. The molecule has 3 rings (SSSR count). The maximum atomic E-state index is 12.3. The van der Waals surface area contributed by atoms with Crippen molar-refractivity contribution in [1.82, 2.24) is 14.8 Å². The van der Waals surface area contributed by atoms with Crippen LogP contribution in [0.3, 0.4) is 0 Å². The van der Waals surface area contributed by atoms with Crippen LogP contribution in [-0.2, 0) is 0 Å². The number of carbonyl (C=O) groups excluding carboxylic acids is 1. The van der Waals surface area contributed by atoms with E-state index in [4.69, 9.17) is 5.73 Å². The molecule has 0 radical (unpaired) electrons. The summed E-state index contributed by atoms with van der Waals surface area (Å²) in [6.07, 6.45) is 9.23. The van der Waals surface area contributed by atoms with E-state index in [0.29, 0.717) is 17.4 Å². The quantitative estimate of drug-likeness (QED) is 0.788. The molecule has 3 N–H and O–H groups in total. The van der Waals surface area contributed by atoms with E-state index in [1.807, 2.05) is 10.8 Å². The number of carbonyl (C=O) groups is 1. The number of anilines is 1. The highest BCUT2D eigenvalue weighted by Gasteiger charge is 2.27. The average molecular weight is 290 g/mol. The van der Waals surface area contributed by atoms with E-state index in [2.05, 4.69) is 10.2 Å². The molecule has 2 fully saturated rings. The van der Waals surface area contributed by atoms with Gasteiger partial charge in [0, 0.05) is 18.8 Å². The summed E-state index contributed by atoms with van der Waals surface area (Å²) in [6, 6.07) is 2.27. The van der Waals surface area contributed by atoms with Crippen molar-refractivity contribution in [2.45, 2.75) is 44.6 Å². The van der Waals surface area contributed by atoms with Gasteiger partial charge in [-0.25, -0.2) is 0 Å². The molecule has 0 aromatic carbocycles. The first-order valence-electron chi connectivity index (χ1n) is 8.22. The standard InChI is InChI=1S/C16H26N4O/c17-13-11-15(20(12-13)14-5-6-14)16(21)18-7-4-10-19-8-2-1-3-9-19/h11-12,14H,1-10,17H2,(H,18,21). The highest BCUT2D eigenvalue weighted by Crippen LogP contribution is 2.37. The molecule has 1 aliphatic heterocycles. The van der Waals surface area contributed by atoms with E-state index in [0.717, 1.165) is 32.4 Å². The number of nitrogens with zero attached hydrogens (tertiary/aromatic N) is 2. The summed E-state index contributed by atoms with van der Waals surface area (Å²) < 4.78 is 2.04. The number of nitrogens with two attached hydrogens (primary N) is 1. The smallest absolute Gasteiger partial charge is 0.267 e. The highest BCUT2D eigenvalue weighted by molar-refractivity contribution is 5.93. The molecule has 1 aromatic rings. The Hall–Kier alpha value is -1.49. The highest BCUT2D eigenvalue weighted by atomic mass is 16.1. The number of aromatic nitrogens is 1. The molecule has 1 saturated heterocycles. The predicted molar refractivity (Wildman–Crippen MR) is 84.4 cm³/mol. The van der Waals surface area contributed by atoms with Gasteiger partial charge in [-0.2, -0.15) is 0 Å². The average Bonchev–Trinajstić information content (AvgIpc) is 3.27. The molecule has 1 aliphatic carbocycles. The van der Waals surface area contributed by atoms with Gasteiger partial charge in [0.1, 0.15) is 5.69 Å². The molecule has 0 atom stereocenters. The van der Waals surface area contributed by atoms with Crippen molar-refractivity contribution in [2.24, 2.45) is 0 Å². The Balaban J connectivity index is 1.43. The fourth-order valence-electron chi connectivity index (χ4n) is 3.12. The van der Waals surface area contributed by atoms with E-state index >= 15 is 0 Å². The maximum Gasteiger partial charge on any atom is 0.267 e. The third kappa shape index (κ3) is 3.79. The maximum absolute atomic E-state index is 12.3. The monoisotopic (exact) mass is 290 g/mol. The number of nitrogens with one attached hydrogen (secondary N) is 1. The Morgan fingerprint density at radius 2 is 2.05 bits per heavy atom. The lowest BCUT2D eigenvalue weighted by Crippen LogP contribution is -2.33. The van der Waals surface area contributed by atoms with Crippen molar-refractivity contribution in [1.29, 1.82) is 0 Å². The zero-order chi connectivity index (χ0) is 14.7. The Labute approximate surface area is 126 Å². The minimum atomic E-state index is 0.0113. The molecule has 5 nitrogen and oxygen atoms in total. The third-order valence-electron chi connectivity index (χ3n) is 4.43. The van der Waals surface area contributed by atoms with Crippen molar-refractivity contribution < 1.29 is 4.79 Å². The number of likely N-dealkylation sites (tertiary alicyclic amines) is 1. The van der Waals surface area contributed by atoms with Crippen LogP contribution in [0.25, 0.3) is 0 Å². The summed E-state index contributed by atoms with van der Waals surface area (Å²) in [7, 11) is 0. The summed E-state index contributed by atoms with van der Waals surface area (Å²) >= 11 is 0. The second-order valence-corrected chi connectivity index (χ2v) is 6.31. The number of rotatable bonds is 6. The third-order valence-corrected chi connectivity index (χ3v) is 4.43. The normalized spacial score (nSPS) is 19.6. The van der Waals surface area contributed by atoms with Gasteiger partial charge in [-0.15, -0.1) is 0 Å². The first-order valence-corrected chi connectivity index (χ1v) is 8.22. The number of hydrogen-bond donors (Lipinski definition) is 2. The first-order chi connectivity index (χ1) is 10.2. The van der Waals surface area contributed by atoms with Crippen LogP contribution >= 0.6 is 0 Å². The molecule has 1 aromatic heterocycles. The van der Waals surface area contributed by atoms with E-state index in [-0.39, 0.29) is 5.91 Å². The molecule has 1 saturated carbocycles. The van der Waals surface area contributed by atoms with Gasteiger partial charge in [0.15, 0.2) is 0 Å². The van der Waals surface area contributed by atoms with Crippen LogP contribution in [0.5, 0.6) is 0 Å². The Bertz CT molecular complexity index is 486. The van der Waals surface area contributed by atoms with Gasteiger partial charge < -0.3 is 20.5 Å². The fraction of sp³-hybridized carbons (Fsp3) is 0.688. The van der Waals surface area contributed by atoms with Crippen LogP contribution in [0.1, 0.15) is 55.1 Å². The number of hydrogen-bond acceptors (Lipinski definition) is 3. The van der Waals surface area contributed by atoms with Crippen LogP contribution in [0.2, 0.25) is 0 Å². The van der Waals surface area contributed by atoms with Gasteiger partial charge in [0.25, 0.3) is 5.91 Å². The summed E-state index contributed by atoms with van der Waals surface area (Å²) in [5.74, 6) is 0.0113. The fourth-order valence-corrected chi connectivity index (χ4v) is 3.12. The summed E-state index contributed by atoms with van der Waals surface area (Å²) in [5, 5.41) is 3.03. The number of piperidine rings is 1. The van der Waals surface area contributed by atoms with Crippen molar-refractivity contribution in [3.05, 3.63) is 18.0 Å². The van der Waals surface area contributed by atoms with E-state index in [1.54, 1.807) is 6.07 Å². The van der Waals surface area contributed by atoms with Crippen molar-refractivity contribution >= 4 is 11.6 Å². The zero-order valence-electron chi connectivity index (χ0n) is 12.7. The Morgan fingerprint density at radius 1 is 1.29 bits per heavy atom. The summed E-state index contributed by atoms with van der Waals surface area (Å²) in [4.78, 5) is 14.8. The van der Waals surface area contributed by atoms with Crippen molar-refractivity contribution in [3.63, 3.8) is 0 Å². The Morgan fingerprint density at radius 3 is 2.76 bits per heavy atom. The van der Waals surface area contributed by atoms with E-state index < -0.39 is 0 Å². The minimum absolute atomic E-state index is 0.0113. The largest absolute Gasteiger partial charge is 0.397 e. The predicted octanol–water partition coefficient (Wildman–Crippen LogP) is 2.01. The molecule has 116 valence electrons. The molecule has 2 heterocycles. The number of amides is 1. The van der Waals surface area contributed by atoms with Gasteiger partial charge in [0.05, 0.1) is 5.69 Å². The summed E-state index contributed by atoms with van der Waals surface area (Å²) in [6.45, 7) is 4.27. The topological polar surface area (TPSA) is 63.3 Å².